The van der Waals surface area contributed by atoms with Gasteiger partial charge in [-0.25, -0.2) is 0 Å². The second-order valence-electron chi connectivity index (χ2n) is 2.72. The molecule has 0 spiro atoms. The lowest BCUT2D eigenvalue weighted by atomic mass is 10.1. The zero-order valence-electron chi connectivity index (χ0n) is 7.56. The average molecular weight is 164 g/mol. The molecular formula is C9H12N2O. The summed E-state index contributed by atoms with van der Waals surface area (Å²) in [5.74, 6) is -0.384. The monoisotopic (exact) mass is 164 g/mol. The van der Waals surface area contributed by atoms with Gasteiger partial charge in [0.05, 0.1) is 0 Å². The van der Waals surface area contributed by atoms with Gasteiger partial charge in [0.1, 0.15) is 11.6 Å². The molecule has 0 aliphatic rings. The van der Waals surface area contributed by atoms with Crippen molar-refractivity contribution in [2.75, 3.05) is 0 Å². The van der Waals surface area contributed by atoms with Crippen molar-refractivity contribution in [1.29, 1.82) is 5.26 Å². The van der Waals surface area contributed by atoms with E-state index in [9.17, 15) is 4.79 Å². The van der Waals surface area contributed by atoms with E-state index in [2.05, 4.69) is 11.9 Å². The van der Waals surface area contributed by atoms with Crippen molar-refractivity contribution in [3.05, 3.63) is 23.4 Å². The molecule has 0 unspecified atom stereocenters. The summed E-state index contributed by atoms with van der Waals surface area (Å²) in [6.07, 6.45) is 0. The van der Waals surface area contributed by atoms with Crippen molar-refractivity contribution in [2.45, 2.75) is 20.8 Å². The summed E-state index contributed by atoms with van der Waals surface area (Å²) >= 11 is 0. The minimum absolute atomic E-state index is 0.151. The first kappa shape index (κ1) is 10.4. The second-order valence-corrected chi connectivity index (χ2v) is 2.72. The molecule has 0 saturated carbocycles. The van der Waals surface area contributed by atoms with Crippen LogP contribution in [0.3, 0.4) is 0 Å². The zero-order chi connectivity index (χ0) is 9.72. The smallest absolute Gasteiger partial charge is 0.265 e. The van der Waals surface area contributed by atoms with Crippen LogP contribution in [0.25, 0.3) is 0 Å². The van der Waals surface area contributed by atoms with Gasteiger partial charge < -0.3 is 5.32 Å². The number of hydrogen-bond donors (Lipinski definition) is 1. The fourth-order valence-electron chi connectivity index (χ4n) is 0.646. The molecule has 0 aromatic rings. The Kier molecular flexibility index (Phi) is 3.78. The topological polar surface area (TPSA) is 52.9 Å². The SMILES string of the molecule is C=C(C)NC(=O)C(C#N)=C(C)C. The number of carbonyl (C=O) groups is 1. The summed E-state index contributed by atoms with van der Waals surface area (Å²) in [5.41, 5.74) is 1.39. The molecule has 0 heterocycles. The van der Waals surface area contributed by atoms with E-state index in [1.165, 1.54) is 0 Å². The Morgan fingerprint density at radius 1 is 1.42 bits per heavy atom. The number of allylic oxidation sites excluding steroid dienone is 2. The quantitative estimate of drug-likeness (QED) is 0.496. The summed E-state index contributed by atoms with van der Waals surface area (Å²) in [4.78, 5) is 11.2. The highest BCUT2D eigenvalue weighted by Crippen LogP contribution is 2.02. The van der Waals surface area contributed by atoms with Crippen LogP contribution in [0.2, 0.25) is 0 Å². The fourth-order valence-corrected chi connectivity index (χ4v) is 0.646. The summed E-state index contributed by atoms with van der Waals surface area (Å²) in [7, 11) is 0. The predicted octanol–water partition coefficient (Wildman–Crippen LogP) is 1.50. The molecule has 64 valence electrons. The zero-order valence-corrected chi connectivity index (χ0v) is 7.56. The molecule has 12 heavy (non-hydrogen) atoms. The molecule has 1 amide bonds. The van der Waals surface area contributed by atoms with Crippen LogP contribution in [0.5, 0.6) is 0 Å². The maximum atomic E-state index is 11.2. The van der Waals surface area contributed by atoms with Gasteiger partial charge in [0.25, 0.3) is 5.91 Å². The van der Waals surface area contributed by atoms with Crippen LogP contribution in [-0.4, -0.2) is 5.91 Å². The van der Waals surface area contributed by atoms with Gasteiger partial charge >= 0.3 is 0 Å². The predicted molar refractivity (Wildman–Crippen MR) is 46.9 cm³/mol. The molecular weight excluding hydrogens is 152 g/mol. The van der Waals surface area contributed by atoms with Gasteiger partial charge in [-0.3, -0.25) is 4.79 Å². The van der Waals surface area contributed by atoms with Gasteiger partial charge in [-0.1, -0.05) is 12.2 Å². The summed E-state index contributed by atoms with van der Waals surface area (Å²) in [5, 5.41) is 11.0. The number of nitriles is 1. The number of amides is 1. The number of hydrogen-bond acceptors (Lipinski definition) is 2. The maximum absolute atomic E-state index is 11.2. The molecule has 0 atom stereocenters. The normalized spacial score (nSPS) is 8.17. The molecule has 0 aliphatic heterocycles. The Hall–Kier alpha value is -1.56. The molecule has 0 aromatic carbocycles. The lowest BCUT2D eigenvalue weighted by Gasteiger charge is -2.02. The Balaban J connectivity index is 4.60. The first-order valence-electron chi connectivity index (χ1n) is 3.53. The van der Waals surface area contributed by atoms with Gasteiger partial charge in [0, 0.05) is 5.70 Å². The molecule has 0 radical (unpaired) electrons. The maximum Gasteiger partial charge on any atom is 0.265 e. The molecule has 1 N–H and O–H groups in total. The largest absolute Gasteiger partial charge is 0.326 e. The summed E-state index contributed by atoms with van der Waals surface area (Å²) in [6, 6.07) is 1.83. The lowest BCUT2D eigenvalue weighted by molar-refractivity contribution is -0.116. The first-order valence-corrected chi connectivity index (χ1v) is 3.53. The van der Waals surface area contributed by atoms with Crippen molar-refractivity contribution < 1.29 is 4.79 Å². The first-order chi connectivity index (χ1) is 5.49. The molecule has 0 saturated heterocycles. The van der Waals surface area contributed by atoms with Crippen LogP contribution in [-0.2, 0) is 4.79 Å². The van der Waals surface area contributed by atoms with Gasteiger partial charge in [-0.2, -0.15) is 5.26 Å². The van der Waals surface area contributed by atoms with Crippen LogP contribution in [0.15, 0.2) is 23.4 Å². The van der Waals surface area contributed by atoms with Gasteiger partial charge in [0.15, 0.2) is 0 Å². The van der Waals surface area contributed by atoms with Crippen LogP contribution >= 0.6 is 0 Å². The summed E-state index contributed by atoms with van der Waals surface area (Å²) in [6.45, 7) is 8.61. The van der Waals surface area contributed by atoms with E-state index in [-0.39, 0.29) is 11.5 Å². The molecule has 3 heteroatoms. The third kappa shape index (κ3) is 3.02. The minimum Gasteiger partial charge on any atom is -0.326 e. The highest BCUT2D eigenvalue weighted by Gasteiger charge is 2.09. The van der Waals surface area contributed by atoms with Crippen molar-refractivity contribution in [2.24, 2.45) is 0 Å². The van der Waals surface area contributed by atoms with Crippen molar-refractivity contribution in [3.8, 4) is 6.07 Å². The lowest BCUT2D eigenvalue weighted by Crippen LogP contribution is -2.22. The minimum atomic E-state index is -0.384. The third-order valence-corrected chi connectivity index (χ3v) is 1.17. The number of carbonyl (C=O) groups excluding carboxylic acids is 1. The van der Waals surface area contributed by atoms with Gasteiger partial charge in [0.2, 0.25) is 0 Å². The highest BCUT2D eigenvalue weighted by molar-refractivity contribution is 5.98. The van der Waals surface area contributed by atoms with Crippen molar-refractivity contribution in [1.82, 2.24) is 5.32 Å². The van der Waals surface area contributed by atoms with Crippen LogP contribution in [0.1, 0.15) is 20.8 Å². The van der Waals surface area contributed by atoms with E-state index in [4.69, 9.17) is 5.26 Å². The van der Waals surface area contributed by atoms with Crippen LogP contribution < -0.4 is 5.32 Å². The summed E-state index contributed by atoms with van der Waals surface area (Å²) < 4.78 is 0. The van der Waals surface area contributed by atoms with Gasteiger partial charge in [-0.15, -0.1) is 0 Å². The fraction of sp³-hybridized carbons (Fsp3) is 0.333. The van der Waals surface area contributed by atoms with Crippen LogP contribution in [0.4, 0.5) is 0 Å². The molecule has 0 bridgehead atoms. The highest BCUT2D eigenvalue weighted by atomic mass is 16.1. The van der Waals surface area contributed by atoms with E-state index in [1.54, 1.807) is 20.8 Å². The Morgan fingerprint density at radius 2 is 1.92 bits per heavy atom. The molecule has 0 rings (SSSR count). The second kappa shape index (κ2) is 4.35. The van der Waals surface area contributed by atoms with E-state index < -0.39 is 0 Å². The number of rotatable bonds is 2. The Morgan fingerprint density at radius 3 is 2.17 bits per heavy atom. The molecule has 3 nitrogen and oxygen atoms in total. The van der Waals surface area contributed by atoms with E-state index >= 15 is 0 Å². The van der Waals surface area contributed by atoms with Crippen molar-refractivity contribution in [3.63, 3.8) is 0 Å². The number of nitrogens with zero attached hydrogens (tertiary/aromatic N) is 1. The Labute approximate surface area is 72.4 Å². The van der Waals surface area contributed by atoms with Crippen molar-refractivity contribution >= 4 is 5.91 Å². The molecule has 0 aromatic heterocycles. The number of nitrogens with one attached hydrogen (secondary N) is 1. The molecule has 0 fully saturated rings. The van der Waals surface area contributed by atoms with Gasteiger partial charge in [-0.05, 0) is 20.8 Å². The standard InChI is InChI=1S/C9H12N2O/c1-6(2)8(5-10)9(12)11-7(3)4/h3H2,1-2,4H3,(H,11,12). The third-order valence-electron chi connectivity index (χ3n) is 1.17. The average Bonchev–Trinajstić information content (AvgIpc) is 1.85. The van der Waals surface area contributed by atoms with E-state index in [0.717, 1.165) is 0 Å². The van der Waals surface area contributed by atoms with E-state index in [0.29, 0.717) is 11.3 Å². The Bertz CT molecular complexity index is 277. The van der Waals surface area contributed by atoms with E-state index in [1.807, 2.05) is 6.07 Å². The van der Waals surface area contributed by atoms with Crippen LogP contribution in [0, 0.1) is 11.3 Å². The molecule has 0 aliphatic carbocycles.